The molecule has 5 amide bonds. The summed E-state index contributed by atoms with van der Waals surface area (Å²) >= 11 is 0.634. The number of urea groups is 1. The summed E-state index contributed by atoms with van der Waals surface area (Å²) in [5, 5.41) is 29.0. The van der Waals surface area contributed by atoms with Crippen molar-refractivity contribution >= 4 is 84.9 Å². The number of benzene rings is 4. The first-order valence-corrected chi connectivity index (χ1v) is 25.0. The molecule has 2 unspecified atom stereocenters. The molecule has 0 radical (unpaired) electrons. The van der Waals surface area contributed by atoms with Crippen LogP contribution in [0.25, 0.3) is 21.2 Å². The summed E-state index contributed by atoms with van der Waals surface area (Å²) in [5.74, 6) is -5.74. The number of ether oxygens (including phenoxy) is 1. The van der Waals surface area contributed by atoms with E-state index >= 15 is 4.39 Å². The topological polar surface area (TPSA) is 232 Å². The van der Waals surface area contributed by atoms with Gasteiger partial charge in [-0.05, 0) is 110 Å². The zero-order valence-corrected chi connectivity index (χ0v) is 39.3. The van der Waals surface area contributed by atoms with Crippen LogP contribution in [0.2, 0.25) is 0 Å². The minimum Gasteiger partial charge on any atom is -0.479 e. The van der Waals surface area contributed by atoms with Crippen LogP contribution in [0.4, 0.5) is 26.2 Å². The summed E-state index contributed by atoms with van der Waals surface area (Å²) in [6.07, 6.45) is 2.62. The third kappa shape index (κ3) is 9.35. The van der Waals surface area contributed by atoms with Crippen LogP contribution in [0, 0.1) is 5.82 Å². The quantitative estimate of drug-likeness (QED) is 0.0736. The number of halogens is 1. The van der Waals surface area contributed by atoms with Gasteiger partial charge in [0.25, 0.3) is 5.91 Å². The molecule has 4 aliphatic rings. The lowest BCUT2D eigenvalue weighted by Crippen LogP contribution is -2.55. The van der Waals surface area contributed by atoms with Crippen molar-refractivity contribution in [2.45, 2.75) is 81.7 Å². The minimum absolute atomic E-state index is 0.0306. The monoisotopic (exact) mass is 980 g/mol. The van der Waals surface area contributed by atoms with Crippen molar-refractivity contribution in [3.63, 3.8) is 0 Å². The van der Waals surface area contributed by atoms with Gasteiger partial charge in [-0.25, -0.2) is 27.2 Å². The molecule has 0 saturated carbocycles. The predicted octanol–water partition coefficient (Wildman–Crippen LogP) is 7.23. The molecule has 5 N–H and O–H groups in total. The molecule has 5 aromatic rings. The van der Waals surface area contributed by atoms with Gasteiger partial charge in [-0.2, -0.15) is 4.31 Å². The fraction of sp³-hybridized carbons (Fsp3) is 0.347. The number of anilines is 3. The molecule has 9 rings (SSSR count). The number of carboxylic acid groups (broad SMARTS) is 2. The number of aromatic carboxylic acids is 1. The number of likely N-dealkylation sites (tertiary alicyclic amines) is 1. The Labute approximate surface area is 400 Å². The first kappa shape index (κ1) is 47.2. The first-order valence-electron chi connectivity index (χ1n) is 22.5. The van der Waals surface area contributed by atoms with Gasteiger partial charge in [0.2, 0.25) is 21.8 Å². The second kappa shape index (κ2) is 18.5. The Kier molecular flexibility index (Phi) is 12.7. The van der Waals surface area contributed by atoms with E-state index in [1.165, 1.54) is 9.21 Å². The molecule has 69 heavy (non-hydrogen) atoms. The van der Waals surface area contributed by atoms with E-state index in [9.17, 15) is 42.3 Å². The van der Waals surface area contributed by atoms with Gasteiger partial charge in [0.05, 0.1) is 16.3 Å². The maximum atomic E-state index is 15.4. The van der Waals surface area contributed by atoms with Crippen molar-refractivity contribution in [2.75, 3.05) is 41.8 Å². The maximum Gasteiger partial charge on any atom is 0.349 e. The zero-order chi connectivity index (χ0) is 48.9. The molecule has 3 saturated heterocycles. The van der Waals surface area contributed by atoms with Crippen LogP contribution < -0.4 is 25.6 Å². The number of nitrogens with zero attached hydrogens (tertiary/aromatic N) is 3. The molecular formula is C49H49FN6O11S2. The molecule has 2 atom stereocenters. The van der Waals surface area contributed by atoms with Crippen LogP contribution >= 0.6 is 11.3 Å². The normalized spacial score (nSPS) is 19.7. The van der Waals surface area contributed by atoms with Crippen molar-refractivity contribution in [1.29, 1.82) is 0 Å². The zero-order valence-electron chi connectivity index (χ0n) is 37.6. The SMILES string of the molecule is CC1(C)CC(Nc2cccc(-c3sc(C(=O)O)c(OCC(=O)O)c3F)c2)CCN1S(=O)(=O)Cc1cccc(NC(=O)N2CCC(c3ccc4c5c(cccc35)C(=O)N4C3CCC(=O)NC3=O)CC2)c1. The van der Waals surface area contributed by atoms with E-state index in [0.29, 0.717) is 83.9 Å². The number of carbonyl (C=O) groups is 6. The third-order valence-corrected chi connectivity index (χ3v) is 16.5. The fourth-order valence-corrected chi connectivity index (χ4v) is 13.2. The number of thiophene rings is 1. The first-order chi connectivity index (χ1) is 32.9. The number of hydrogen-bond acceptors (Lipinski definition) is 11. The Morgan fingerprint density at radius 3 is 2.38 bits per heavy atom. The Hall–Kier alpha value is -6.90. The van der Waals surface area contributed by atoms with E-state index in [1.807, 2.05) is 38.1 Å². The Morgan fingerprint density at radius 1 is 0.913 bits per heavy atom. The Bertz CT molecular complexity index is 3060. The van der Waals surface area contributed by atoms with Crippen molar-refractivity contribution in [3.8, 4) is 16.2 Å². The van der Waals surface area contributed by atoms with E-state index in [1.54, 1.807) is 59.5 Å². The van der Waals surface area contributed by atoms with Gasteiger partial charge in [0.1, 0.15) is 6.04 Å². The van der Waals surface area contributed by atoms with E-state index < -0.39 is 62.5 Å². The highest BCUT2D eigenvalue weighted by Gasteiger charge is 2.43. The van der Waals surface area contributed by atoms with Gasteiger partial charge in [-0.15, -0.1) is 11.3 Å². The van der Waals surface area contributed by atoms with E-state index in [4.69, 9.17) is 9.84 Å². The molecule has 360 valence electrons. The Balaban J connectivity index is 0.803. The number of carbonyl (C=O) groups excluding carboxylic acids is 4. The third-order valence-electron chi connectivity index (χ3n) is 13.3. The van der Waals surface area contributed by atoms with Gasteiger partial charge < -0.3 is 30.5 Å². The molecule has 17 nitrogen and oxygen atoms in total. The Morgan fingerprint density at radius 2 is 1.65 bits per heavy atom. The second-order valence-electron chi connectivity index (χ2n) is 18.4. The molecule has 0 aliphatic carbocycles. The number of sulfonamides is 1. The van der Waals surface area contributed by atoms with Crippen molar-refractivity contribution in [2.24, 2.45) is 0 Å². The van der Waals surface area contributed by atoms with Crippen LogP contribution in [0.15, 0.2) is 78.9 Å². The highest BCUT2D eigenvalue weighted by atomic mass is 32.2. The highest BCUT2D eigenvalue weighted by molar-refractivity contribution is 7.88. The number of rotatable bonds is 13. The summed E-state index contributed by atoms with van der Waals surface area (Å²) < 4.78 is 50.0. The lowest BCUT2D eigenvalue weighted by molar-refractivity contribution is -0.139. The van der Waals surface area contributed by atoms with Crippen LogP contribution in [0.5, 0.6) is 5.75 Å². The number of nitrogens with one attached hydrogen (secondary N) is 3. The number of hydrogen-bond donors (Lipinski definition) is 5. The largest absolute Gasteiger partial charge is 0.479 e. The lowest BCUT2D eigenvalue weighted by Gasteiger charge is -2.45. The summed E-state index contributed by atoms with van der Waals surface area (Å²) in [6.45, 7) is 3.94. The molecule has 20 heteroatoms. The molecule has 4 aliphatic heterocycles. The molecule has 1 aromatic heterocycles. The molecule has 3 fully saturated rings. The van der Waals surface area contributed by atoms with Gasteiger partial charge >= 0.3 is 18.0 Å². The standard InChI is InChI=1S/C49H49FN6O11S2/c1-49(2)24-32(51-31-9-4-7-29(23-31)43-41(50)42(67-25-39(58)59)44(68-43)47(62)63)18-21-55(49)69(65,66)26-27-6-3-8-30(22-27)52-48(64)54-19-16-28(17-20-54)33-12-13-36-40-34(33)10-5-11-35(40)46(61)56(36)37-14-15-38(57)53-45(37)60/h3-13,22-23,28,32,37,51H,14-21,24-26H2,1-2H3,(H,52,64)(H,58,59)(H,62,63)(H,53,57,60). The van der Waals surface area contributed by atoms with Crippen molar-refractivity contribution in [1.82, 2.24) is 14.5 Å². The molecule has 5 heterocycles. The fourth-order valence-electron chi connectivity index (χ4n) is 10.2. The van der Waals surface area contributed by atoms with Gasteiger partial charge in [0, 0.05) is 60.0 Å². The lowest BCUT2D eigenvalue weighted by atomic mass is 9.85. The predicted molar refractivity (Wildman–Crippen MR) is 256 cm³/mol. The summed E-state index contributed by atoms with van der Waals surface area (Å²) in [5.41, 5.74) is 3.34. The summed E-state index contributed by atoms with van der Waals surface area (Å²) in [7, 11) is -3.84. The summed E-state index contributed by atoms with van der Waals surface area (Å²) in [6, 6.07) is 21.7. The summed E-state index contributed by atoms with van der Waals surface area (Å²) in [4.78, 5) is 77.5. The van der Waals surface area contributed by atoms with Crippen LogP contribution in [0.1, 0.15) is 89.4 Å². The van der Waals surface area contributed by atoms with Gasteiger partial charge in [-0.1, -0.05) is 42.5 Å². The molecule has 4 aromatic carbocycles. The number of aliphatic carboxylic acids is 1. The molecule has 0 bridgehead atoms. The second-order valence-corrected chi connectivity index (χ2v) is 21.3. The minimum atomic E-state index is -3.84. The average molecular weight is 981 g/mol. The van der Waals surface area contributed by atoms with Crippen LogP contribution in [0.3, 0.4) is 0 Å². The van der Waals surface area contributed by atoms with Crippen molar-refractivity contribution in [3.05, 3.63) is 106 Å². The van der Waals surface area contributed by atoms with Crippen LogP contribution in [-0.4, -0.2) is 107 Å². The van der Waals surface area contributed by atoms with Gasteiger partial charge in [0.15, 0.2) is 23.1 Å². The van der Waals surface area contributed by atoms with Crippen molar-refractivity contribution < 1.29 is 56.5 Å². The van der Waals surface area contributed by atoms with Crippen LogP contribution in [-0.2, 0) is 30.2 Å². The average Bonchev–Trinajstić information content (AvgIpc) is 3.78. The van der Waals surface area contributed by atoms with E-state index in [-0.39, 0.29) is 59.8 Å². The molecular weight excluding hydrogens is 932 g/mol. The number of piperidine rings is 3. The van der Waals surface area contributed by atoms with E-state index in [0.717, 1.165) is 16.3 Å². The maximum absolute atomic E-state index is 15.4. The van der Waals surface area contributed by atoms with E-state index in [2.05, 4.69) is 16.0 Å². The highest BCUT2D eigenvalue weighted by Crippen LogP contribution is 2.45. The number of carboxylic acids is 2. The number of amides is 5. The molecule has 0 spiro atoms. The smallest absolute Gasteiger partial charge is 0.349 e. The van der Waals surface area contributed by atoms with Gasteiger partial charge in [-0.3, -0.25) is 24.6 Å². The number of imide groups is 1.